The van der Waals surface area contributed by atoms with Crippen LogP contribution in [0.1, 0.15) is 5.56 Å². The van der Waals surface area contributed by atoms with Crippen molar-refractivity contribution in [1.82, 2.24) is 10.3 Å². The van der Waals surface area contributed by atoms with Gasteiger partial charge in [-0.15, -0.1) is 5.70 Å². The zero-order chi connectivity index (χ0) is 14.4. The normalized spacial score (nSPS) is 17.8. The van der Waals surface area contributed by atoms with Crippen molar-refractivity contribution in [1.29, 1.82) is 0 Å². The quantitative estimate of drug-likeness (QED) is 0.494. The van der Waals surface area contributed by atoms with Gasteiger partial charge in [0.15, 0.2) is 0 Å². The van der Waals surface area contributed by atoms with Crippen molar-refractivity contribution < 1.29 is 0 Å². The lowest BCUT2D eigenvalue weighted by molar-refractivity contribution is 0.411. The van der Waals surface area contributed by atoms with Crippen LogP contribution in [0.15, 0.2) is 60.5 Å². The van der Waals surface area contributed by atoms with Gasteiger partial charge in [-0.25, -0.2) is 0 Å². The molecule has 106 valence electrons. The topological polar surface area (TPSA) is 43.5 Å². The van der Waals surface area contributed by atoms with Crippen molar-refractivity contribution in [2.24, 2.45) is 0 Å². The molecule has 0 spiro atoms. The summed E-state index contributed by atoms with van der Waals surface area (Å²) in [6, 6.07) is 10.0. The molecular weight excluding hydrogens is 268 g/mol. The Kier molecular flexibility index (Phi) is 5.29. The molecule has 0 saturated heterocycles. The Morgan fingerprint density at radius 2 is 2.00 bits per heavy atom. The lowest BCUT2D eigenvalue weighted by Gasteiger charge is -2.38. The van der Waals surface area contributed by atoms with Crippen LogP contribution >= 0.6 is 12.6 Å². The van der Waals surface area contributed by atoms with E-state index < -0.39 is 0 Å². The maximum atomic E-state index is 4.39. The number of hydrogen-bond donors (Lipinski definition) is 2. The van der Waals surface area contributed by atoms with E-state index in [9.17, 15) is 0 Å². The zero-order valence-corrected chi connectivity index (χ0v) is 12.5. The number of thiol groups is 1. The maximum absolute atomic E-state index is 4.39. The fraction of sp³-hybridized carbons (Fsp3) is 0.200. The van der Waals surface area contributed by atoms with Crippen molar-refractivity contribution >= 4 is 18.3 Å². The third-order valence-electron chi connectivity index (χ3n) is 2.74. The zero-order valence-electron chi connectivity index (χ0n) is 11.6. The minimum absolute atomic E-state index is 0.225. The summed E-state index contributed by atoms with van der Waals surface area (Å²) < 4.78 is 0. The second-order valence-electron chi connectivity index (χ2n) is 4.51. The van der Waals surface area contributed by atoms with Gasteiger partial charge in [-0.05, 0) is 25.2 Å². The van der Waals surface area contributed by atoms with E-state index in [1.54, 1.807) is 6.20 Å². The fourth-order valence-corrected chi connectivity index (χ4v) is 1.68. The van der Waals surface area contributed by atoms with Gasteiger partial charge in [-0.2, -0.15) is 18.8 Å². The highest BCUT2D eigenvalue weighted by Crippen LogP contribution is 2.25. The third-order valence-corrected chi connectivity index (χ3v) is 3.31. The van der Waals surface area contributed by atoms with Crippen LogP contribution in [0, 0.1) is 0 Å². The van der Waals surface area contributed by atoms with Crippen LogP contribution in [0.2, 0.25) is 0 Å². The van der Waals surface area contributed by atoms with Crippen LogP contribution in [-0.2, 0) is 0 Å². The Morgan fingerprint density at radius 1 is 1.25 bits per heavy atom. The van der Waals surface area contributed by atoms with Crippen molar-refractivity contribution in [2.45, 2.75) is 5.50 Å². The van der Waals surface area contributed by atoms with Gasteiger partial charge >= 0.3 is 0 Å². The molecular formula is C15H18N4S-2. The molecule has 1 aromatic carbocycles. The van der Waals surface area contributed by atoms with Gasteiger partial charge in [0.25, 0.3) is 0 Å². The predicted octanol–water partition coefficient (Wildman–Crippen LogP) is 3.47. The first-order valence-corrected chi connectivity index (χ1v) is 6.84. The highest BCUT2D eigenvalue weighted by molar-refractivity contribution is 7.81. The summed E-state index contributed by atoms with van der Waals surface area (Å²) in [6.45, 7) is 0. The molecule has 20 heavy (non-hydrogen) atoms. The van der Waals surface area contributed by atoms with Crippen molar-refractivity contribution in [2.75, 3.05) is 14.1 Å². The number of allylic oxidation sites excluding steroid dienone is 3. The minimum Gasteiger partial charge on any atom is -0.662 e. The summed E-state index contributed by atoms with van der Waals surface area (Å²) in [5.41, 5.74) is 9.96. The first kappa shape index (κ1) is 14.7. The van der Waals surface area contributed by atoms with Crippen LogP contribution in [0.25, 0.3) is 16.4 Å². The van der Waals surface area contributed by atoms with Crippen molar-refractivity contribution in [3.63, 3.8) is 0 Å². The summed E-state index contributed by atoms with van der Waals surface area (Å²) in [5, 5.41) is 4.38. The molecule has 0 aromatic heterocycles. The molecule has 1 N–H and O–H groups in total. The standard InChI is InChI=1S/C15H18N4S/c1-19(2)15(20)18-17-14(12-8-4-3-5-9-12)13-10-6-7-11-16-13/h3-11,15,17,20H,1-2H3/q-2. The van der Waals surface area contributed by atoms with Crippen molar-refractivity contribution in [3.05, 3.63) is 76.8 Å². The van der Waals surface area contributed by atoms with Gasteiger partial charge in [-0.1, -0.05) is 48.6 Å². The first-order chi connectivity index (χ1) is 9.68. The van der Waals surface area contributed by atoms with Gasteiger partial charge in [0, 0.05) is 5.70 Å². The molecule has 1 heterocycles. The highest BCUT2D eigenvalue weighted by Gasteiger charge is 2.00. The van der Waals surface area contributed by atoms with Crippen LogP contribution in [0.5, 0.6) is 0 Å². The van der Waals surface area contributed by atoms with Crippen LogP contribution in [0.3, 0.4) is 0 Å². The monoisotopic (exact) mass is 286 g/mol. The molecule has 1 aliphatic rings. The van der Waals surface area contributed by atoms with E-state index in [1.165, 1.54) is 0 Å². The Hall–Kier alpha value is -1.69. The number of hydrogen-bond acceptors (Lipinski definition) is 3. The molecule has 1 aliphatic heterocycles. The van der Waals surface area contributed by atoms with Gasteiger partial charge in [0.2, 0.25) is 0 Å². The molecule has 4 nitrogen and oxygen atoms in total. The summed E-state index contributed by atoms with van der Waals surface area (Å²) in [6.07, 6.45) is 7.57. The third kappa shape index (κ3) is 3.90. The summed E-state index contributed by atoms with van der Waals surface area (Å²) in [7, 11) is 3.84. The predicted molar refractivity (Wildman–Crippen MR) is 88.0 cm³/mol. The number of rotatable bonds is 5. The van der Waals surface area contributed by atoms with Gasteiger partial charge < -0.3 is 21.1 Å². The van der Waals surface area contributed by atoms with E-state index in [1.807, 2.05) is 67.6 Å². The molecule has 1 aromatic rings. The smallest absolute Gasteiger partial charge is 0.00948 e. The Labute approximate surface area is 125 Å². The lowest BCUT2D eigenvalue weighted by Crippen LogP contribution is -2.26. The van der Waals surface area contributed by atoms with E-state index in [0.29, 0.717) is 0 Å². The van der Waals surface area contributed by atoms with Crippen LogP contribution in [0.4, 0.5) is 0 Å². The number of benzene rings is 1. The Bertz CT molecular complexity index is 520. The van der Waals surface area contributed by atoms with Crippen LogP contribution < -0.4 is 5.43 Å². The van der Waals surface area contributed by atoms with Crippen LogP contribution in [-0.4, -0.2) is 24.5 Å². The largest absolute Gasteiger partial charge is 0.662 e. The summed E-state index contributed by atoms with van der Waals surface area (Å²) in [5.74, 6) is 0. The molecule has 0 fully saturated rings. The second kappa shape index (κ2) is 7.19. The second-order valence-corrected chi connectivity index (χ2v) is 4.97. The average molecular weight is 286 g/mol. The maximum Gasteiger partial charge on any atom is 0.00948 e. The number of nitrogens with one attached hydrogen (secondary N) is 1. The van der Waals surface area contributed by atoms with Crippen molar-refractivity contribution in [3.8, 4) is 0 Å². The highest BCUT2D eigenvalue weighted by atomic mass is 32.1. The fourth-order valence-electron chi connectivity index (χ4n) is 1.62. The van der Waals surface area contributed by atoms with E-state index in [4.69, 9.17) is 0 Å². The molecule has 0 saturated carbocycles. The number of nitrogens with zero attached hydrogens (tertiary/aromatic N) is 3. The Balaban J connectivity index is 2.22. The molecule has 1 unspecified atom stereocenters. The summed E-state index contributed by atoms with van der Waals surface area (Å²) >= 11 is 4.39. The van der Waals surface area contributed by atoms with E-state index in [2.05, 4.69) is 28.8 Å². The van der Waals surface area contributed by atoms with E-state index in [-0.39, 0.29) is 5.50 Å². The lowest BCUT2D eigenvalue weighted by atomic mass is 10.1. The summed E-state index contributed by atoms with van der Waals surface area (Å²) in [4.78, 5) is 1.90. The first-order valence-electron chi connectivity index (χ1n) is 6.32. The molecule has 0 bridgehead atoms. The molecule has 1 atom stereocenters. The average Bonchev–Trinajstić information content (AvgIpc) is 2.49. The molecule has 0 amide bonds. The minimum atomic E-state index is -0.225. The van der Waals surface area contributed by atoms with Gasteiger partial charge in [0.05, 0.1) is 0 Å². The van der Waals surface area contributed by atoms with E-state index in [0.717, 1.165) is 17.0 Å². The van der Waals surface area contributed by atoms with E-state index >= 15 is 0 Å². The van der Waals surface area contributed by atoms with Gasteiger partial charge in [-0.3, -0.25) is 0 Å². The molecule has 0 radical (unpaired) electrons. The Morgan fingerprint density at radius 3 is 2.60 bits per heavy atom. The molecule has 5 heteroatoms. The molecule has 2 rings (SSSR count). The molecule has 0 aliphatic carbocycles. The SMILES string of the molecule is CN(C)C(S)[N-]NC(=C1C=CC=C[N-]1)c1ccccc1. The van der Waals surface area contributed by atoms with Gasteiger partial charge in [0.1, 0.15) is 0 Å².